The molecule has 8 heteroatoms. The van der Waals surface area contributed by atoms with Crippen molar-refractivity contribution < 1.29 is 22.7 Å². The molecule has 0 radical (unpaired) electrons. The van der Waals surface area contributed by atoms with Crippen molar-refractivity contribution in [2.24, 2.45) is 0 Å². The highest BCUT2D eigenvalue weighted by molar-refractivity contribution is 5.91. The van der Waals surface area contributed by atoms with Crippen LogP contribution in [-0.2, 0) is 11.0 Å². The van der Waals surface area contributed by atoms with Crippen molar-refractivity contribution in [3.05, 3.63) is 71.9 Å². The number of benzene rings is 2. The molecule has 3 rings (SSSR count). The molecule has 0 unspecified atom stereocenters. The van der Waals surface area contributed by atoms with Crippen LogP contribution in [0.3, 0.4) is 0 Å². The van der Waals surface area contributed by atoms with Gasteiger partial charge in [0, 0.05) is 23.0 Å². The van der Waals surface area contributed by atoms with E-state index in [1.165, 1.54) is 12.1 Å². The van der Waals surface area contributed by atoms with Crippen molar-refractivity contribution in [3.8, 4) is 17.3 Å². The molecule has 1 aromatic heterocycles. The molecule has 0 saturated carbocycles. The van der Waals surface area contributed by atoms with E-state index in [1.54, 1.807) is 37.3 Å². The van der Waals surface area contributed by atoms with E-state index in [2.05, 4.69) is 15.3 Å². The van der Waals surface area contributed by atoms with E-state index in [9.17, 15) is 18.0 Å². The van der Waals surface area contributed by atoms with Crippen LogP contribution in [0.2, 0.25) is 0 Å². The van der Waals surface area contributed by atoms with E-state index in [4.69, 9.17) is 4.74 Å². The molecule has 0 atom stereocenters. The number of hydrogen-bond donors (Lipinski definition) is 1. The lowest BCUT2D eigenvalue weighted by Gasteiger charge is -2.10. The number of para-hydroxylation sites is 1. The standard InChI is InChI=1S/C20H16F3N3O2/c1-13-11-18(28-12-17(27)25-16-5-3-2-4-6-16)26-19(24-13)14-7-9-15(10-8-14)20(21,22)23/h2-11H,12H2,1H3,(H,25,27). The largest absolute Gasteiger partial charge is 0.467 e. The molecule has 144 valence electrons. The summed E-state index contributed by atoms with van der Waals surface area (Å²) >= 11 is 0. The highest BCUT2D eigenvalue weighted by Crippen LogP contribution is 2.30. The molecule has 0 aliphatic rings. The summed E-state index contributed by atoms with van der Waals surface area (Å²) in [5, 5.41) is 2.68. The molecule has 0 bridgehead atoms. The number of halogens is 3. The SMILES string of the molecule is Cc1cc(OCC(=O)Nc2ccccc2)nc(-c2ccc(C(F)(F)F)cc2)n1. The third-order valence-electron chi connectivity index (χ3n) is 3.71. The second kappa shape index (κ2) is 8.08. The minimum Gasteiger partial charge on any atom is -0.467 e. The third-order valence-corrected chi connectivity index (χ3v) is 3.71. The monoisotopic (exact) mass is 387 g/mol. The van der Waals surface area contributed by atoms with Gasteiger partial charge in [-0.15, -0.1) is 0 Å². The Kier molecular flexibility index (Phi) is 5.58. The summed E-state index contributed by atoms with van der Waals surface area (Å²) in [7, 11) is 0. The van der Waals surface area contributed by atoms with Gasteiger partial charge in [-0.25, -0.2) is 4.98 Å². The highest BCUT2D eigenvalue weighted by atomic mass is 19.4. The van der Waals surface area contributed by atoms with Crippen molar-refractivity contribution in [3.63, 3.8) is 0 Å². The molecule has 3 aromatic rings. The molecule has 0 aliphatic heterocycles. The van der Waals surface area contributed by atoms with Crippen molar-refractivity contribution in [2.75, 3.05) is 11.9 Å². The number of anilines is 1. The Hall–Kier alpha value is -3.42. The van der Waals surface area contributed by atoms with Crippen LogP contribution in [0, 0.1) is 6.92 Å². The fourth-order valence-electron chi connectivity index (χ4n) is 2.41. The molecule has 1 heterocycles. The smallest absolute Gasteiger partial charge is 0.416 e. The quantitative estimate of drug-likeness (QED) is 0.701. The van der Waals surface area contributed by atoms with Gasteiger partial charge in [-0.3, -0.25) is 4.79 Å². The molecule has 0 fully saturated rings. The minimum absolute atomic E-state index is 0.158. The van der Waals surface area contributed by atoms with Crippen molar-refractivity contribution in [1.29, 1.82) is 0 Å². The topological polar surface area (TPSA) is 64.1 Å². The lowest BCUT2D eigenvalue weighted by molar-refractivity contribution is -0.137. The fraction of sp³-hybridized carbons (Fsp3) is 0.150. The van der Waals surface area contributed by atoms with Gasteiger partial charge in [-0.05, 0) is 31.2 Å². The summed E-state index contributed by atoms with van der Waals surface area (Å²) in [6.07, 6.45) is -4.41. The number of hydrogen-bond acceptors (Lipinski definition) is 4. The van der Waals surface area contributed by atoms with Crippen LogP contribution in [0.25, 0.3) is 11.4 Å². The Bertz CT molecular complexity index is 959. The average Bonchev–Trinajstić information content (AvgIpc) is 2.66. The second-order valence-corrected chi connectivity index (χ2v) is 5.95. The summed E-state index contributed by atoms with van der Waals surface area (Å²) in [6.45, 7) is 1.43. The first-order valence-corrected chi connectivity index (χ1v) is 8.32. The third kappa shape index (κ3) is 5.06. The van der Waals surface area contributed by atoms with E-state index in [1.807, 2.05) is 6.07 Å². The molecular formula is C20H16F3N3O2. The summed E-state index contributed by atoms with van der Waals surface area (Å²) < 4.78 is 43.5. The summed E-state index contributed by atoms with van der Waals surface area (Å²) in [4.78, 5) is 20.4. The first-order valence-electron chi connectivity index (χ1n) is 8.32. The zero-order valence-electron chi connectivity index (χ0n) is 14.8. The lowest BCUT2D eigenvalue weighted by atomic mass is 10.1. The van der Waals surface area contributed by atoms with Crippen LogP contribution in [0.15, 0.2) is 60.7 Å². The molecular weight excluding hydrogens is 371 g/mol. The summed E-state index contributed by atoms with van der Waals surface area (Å²) in [5.74, 6) is 0.0105. The predicted molar refractivity (Wildman–Crippen MR) is 97.8 cm³/mol. The van der Waals surface area contributed by atoms with Crippen LogP contribution < -0.4 is 10.1 Å². The van der Waals surface area contributed by atoms with Crippen LogP contribution in [0.4, 0.5) is 18.9 Å². The normalized spacial score (nSPS) is 11.1. The zero-order valence-corrected chi connectivity index (χ0v) is 14.8. The van der Waals surface area contributed by atoms with E-state index in [0.29, 0.717) is 16.9 Å². The van der Waals surface area contributed by atoms with Gasteiger partial charge in [0.1, 0.15) is 0 Å². The van der Waals surface area contributed by atoms with E-state index < -0.39 is 11.7 Å². The van der Waals surface area contributed by atoms with E-state index in [0.717, 1.165) is 12.1 Å². The van der Waals surface area contributed by atoms with Gasteiger partial charge in [0.2, 0.25) is 5.88 Å². The number of aromatic nitrogens is 2. The molecule has 0 spiro atoms. The van der Waals surface area contributed by atoms with Crippen LogP contribution in [0.1, 0.15) is 11.3 Å². The van der Waals surface area contributed by atoms with Crippen LogP contribution >= 0.6 is 0 Å². The number of amides is 1. The van der Waals surface area contributed by atoms with Gasteiger partial charge < -0.3 is 10.1 Å². The molecule has 5 nitrogen and oxygen atoms in total. The number of rotatable bonds is 5. The molecule has 1 N–H and O–H groups in total. The van der Waals surface area contributed by atoms with Crippen LogP contribution in [-0.4, -0.2) is 22.5 Å². The van der Waals surface area contributed by atoms with Gasteiger partial charge in [0.25, 0.3) is 5.91 Å². The number of carbonyl (C=O) groups excluding carboxylic acids is 1. The minimum atomic E-state index is -4.41. The number of nitrogens with one attached hydrogen (secondary N) is 1. The molecule has 0 saturated heterocycles. The van der Waals surface area contributed by atoms with Crippen molar-refractivity contribution in [1.82, 2.24) is 9.97 Å². The maximum atomic E-state index is 12.7. The fourth-order valence-corrected chi connectivity index (χ4v) is 2.41. The summed E-state index contributed by atoms with van der Waals surface area (Å²) in [5.41, 5.74) is 0.858. The molecule has 0 aliphatic carbocycles. The molecule has 1 amide bonds. The highest BCUT2D eigenvalue weighted by Gasteiger charge is 2.30. The Morgan fingerprint density at radius 2 is 1.71 bits per heavy atom. The Morgan fingerprint density at radius 3 is 2.36 bits per heavy atom. The Labute approximate surface area is 159 Å². The molecule has 2 aromatic carbocycles. The number of carbonyl (C=O) groups is 1. The maximum Gasteiger partial charge on any atom is 0.416 e. The first-order chi connectivity index (χ1) is 13.3. The van der Waals surface area contributed by atoms with Gasteiger partial charge in [-0.2, -0.15) is 18.2 Å². The van der Waals surface area contributed by atoms with Gasteiger partial charge >= 0.3 is 6.18 Å². The number of ether oxygens (including phenoxy) is 1. The van der Waals surface area contributed by atoms with Gasteiger partial charge in [-0.1, -0.05) is 30.3 Å². The number of aryl methyl sites for hydroxylation is 1. The first kappa shape index (κ1) is 19.3. The Morgan fingerprint density at radius 1 is 1.04 bits per heavy atom. The van der Waals surface area contributed by atoms with Gasteiger partial charge in [0.05, 0.1) is 5.56 Å². The number of alkyl halides is 3. The lowest BCUT2D eigenvalue weighted by Crippen LogP contribution is -2.20. The zero-order chi connectivity index (χ0) is 20.1. The van der Waals surface area contributed by atoms with Crippen molar-refractivity contribution in [2.45, 2.75) is 13.1 Å². The van der Waals surface area contributed by atoms with E-state index >= 15 is 0 Å². The van der Waals surface area contributed by atoms with Crippen LogP contribution in [0.5, 0.6) is 5.88 Å². The summed E-state index contributed by atoms with van der Waals surface area (Å²) in [6, 6.07) is 15.0. The Balaban J connectivity index is 1.70. The second-order valence-electron chi connectivity index (χ2n) is 5.95. The molecule has 28 heavy (non-hydrogen) atoms. The van der Waals surface area contributed by atoms with E-state index in [-0.39, 0.29) is 24.2 Å². The average molecular weight is 387 g/mol. The van der Waals surface area contributed by atoms with Gasteiger partial charge in [0.15, 0.2) is 12.4 Å². The number of nitrogens with zero attached hydrogens (tertiary/aromatic N) is 2. The maximum absolute atomic E-state index is 12.7. The predicted octanol–water partition coefficient (Wildman–Crippen LogP) is 4.49. The van der Waals surface area contributed by atoms with Crippen molar-refractivity contribution >= 4 is 11.6 Å².